The molecule has 4 saturated carbocycles. The van der Waals surface area contributed by atoms with Crippen molar-refractivity contribution in [3.63, 3.8) is 0 Å². The molecule has 2 bridgehead atoms. The summed E-state index contributed by atoms with van der Waals surface area (Å²) in [6.45, 7) is 5.14. The summed E-state index contributed by atoms with van der Waals surface area (Å²) in [5.74, 6) is 1.88. The second kappa shape index (κ2) is 52.5. The van der Waals surface area contributed by atoms with E-state index in [2.05, 4.69) is 42.6 Å². The smallest absolute Gasteiger partial charge is 0.434 e. The van der Waals surface area contributed by atoms with Crippen LogP contribution in [0, 0.1) is 17.8 Å². The molecule has 1 aromatic rings. The monoisotopic (exact) mass is 1410 g/mol. The fraction of sp³-hybridized carbons (Fsp3) is 0.772. The van der Waals surface area contributed by atoms with Crippen molar-refractivity contribution in [1.82, 2.24) is 0 Å². The number of hydrogen-bond acceptors (Lipinski definition) is 25. The maximum Gasteiger partial charge on any atom is 0.511 e. The highest BCUT2D eigenvalue weighted by Gasteiger charge is 2.42. The third-order valence-corrected chi connectivity index (χ3v) is 14.8. The van der Waals surface area contributed by atoms with Gasteiger partial charge >= 0.3 is 43.1 Å². The van der Waals surface area contributed by atoms with Gasteiger partial charge in [-0.1, -0.05) is 125 Å². The first kappa shape index (κ1) is 81.1. The maximum absolute atomic E-state index is 11.1. The van der Waals surface area contributed by atoms with Gasteiger partial charge in [-0.05, 0) is 119 Å². The zero-order valence-corrected chi connectivity index (χ0v) is 55.5. The largest absolute Gasteiger partial charge is 0.511 e. The molecule has 32 heteroatoms. The molecular formula is C57H85Cl7O25. The number of benzene rings is 1. The number of alkyl halides is 7. The van der Waals surface area contributed by atoms with E-state index in [-0.39, 0.29) is 85.9 Å². The van der Waals surface area contributed by atoms with E-state index in [9.17, 15) is 33.6 Å². The van der Waals surface area contributed by atoms with Crippen molar-refractivity contribution in [2.24, 2.45) is 17.8 Å². The lowest BCUT2D eigenvalue weighted by molar-refractivity contribution is -0.0369. The molecule has 0 spiro atoms. The molecule has 512 valence electrons. The molecule has 8 atom stereocenters. The number of rotatable bonds is 18. The quantitative estimate of drug-likeness (QED) is 0.0434. The highest BCUT2D eigenvalue weighted by atomic mass is 35.5. The average Bonchev–Trinajstić information content (AvgIpc) is 2.34. The van der Waals surface area contributed by atoms with Gasteiger partial charge in [-0.15, -0.1) is 0 Å². The summed E-state index contributed by atoms with van der Waals surface area (Å²) in [6.07, 6.45) is 14.3. The number of carbonyl (C=O) groups is 7. The Labute approximate surface area is 554 Å². The molecule has 2 saturated heterocycles. The van der Waals surface area contributed by atoms with Crippen LogP contribution < -0.4 is 0 Å². The molecule has 5 aliphatic carbocycles. The molecule has 6 fully saturated rings. The van der Waals surface area contributed by atoms with Crippen molar-refractivity contribution in [3.05, 3.63) is 35.4 Å². The van der Waals surface area contributed by atoms with Crippen LogP contribution in [0.3, 0.4) is 0 Å². The normalized spacial score (nSPS) is 22.6. The summed E-state index contributed by atoms with van der Waals surface area (Å²) in [5, 5.41) is 0. The molecule has 0 amide bonds. The molecule has 8 rings (SSSR count). The molecule has 0 radical (unpaired) electrons. The molecule has 2 heterocycles. The molecule has 7 aliphatic rings. The van der Waals surface area contributed by atoms with Crippen LogP contribution in [0.15, 0.2) is 24.3 Å². The van der Waals surface area contributed by atoms with Gasteiger partial charge in [-0.3, -0.25) is 0 Å². The summed E-state index contributed by atoms with van der Waals surface area (Å²) in [5.41, 5.74) is 2.31. The predicted molar refractivity (Wildman–Crippen MR) is 323 cm³/mol. The van der Waals surface area contributed by atoms with Crippen molar-refractivity contribution < 1.29 is 119 Å². The van der Waals surface area contributed by atoms with Gasteiger partial charge < -0.3 is 85.3 Å². The minimum absolute atomic E-state index is 0.0850. The third-order valence-electron chi connectivity index (χ3n) is 14.1. The molecule has 7 unspecified atom stereocenters. The molecule has 0 N–H and O–H groups in total. The van der Waals surface area contributed by atoms with Gasteiger partial charge in [0.25, 0.3) is 0 Å². The number of ether oxygens (including phenoxy) is 18. The molecule has 0 aromatic heterocycles. The predicted octanol–water partition coefficient (Wildman–Crippen LogP) is 15.1. The highest BCUT2D eigenvalue weighted by Crippen LogP contribution is 2.46. The average molecular weight is 1420 g/mol. The standard InChI is InChI=1S/C11H11ClO3.C9H15ClO4.C9H13ClO3.C9H15ClO3.C8H13ClO4.C6H9ClO4.C5H9ClO4/c12-7-14-11(13)15-10-6-5-8-3-1-2-4-9(8)10;1-12-7-3-2-4-8(5-7)14-9(11)13-6-10;10-5-12-9(11)13-8-4-6-1-2-7(8)3-6;10-7-13-9(11)12-6-8-4-2-1-3-5-8;9-6-12-8(10)13-7-2-1-4-11-5-3-7;7-4-10-6(8)11-5-1-2-9-3-5;1-2-8-4-10-5(7)9-3-6/h1-4,10H,5-7H2;7-8H,2-6H2,1H3;6-8H,1-5H2;8H,1-7H2;7H,1-6H2;5H,1-4H2;2-4H2,1H3/t;;;;;5-;/m.....1./s1. The van der Waals surface area contributed by atoms with Gasteiger partial charge in [0.15, 0.2) is 49.3 Å². The van der Waals surface area contributed by atoms with E-state index in [1.54, 1.807) is 14.0 Å². The van der Waals surface area contributed by atoms with Gasteiger partial charge in [0, 0.05) is 39.6 Å². The minimum Gasteiger partial charge on any atom is -0.434 e. The summed E-state index contributed by atoms with van der Waals surface area (Å²) in [7, 11) is 1.67. The second-order valence-corrected chi connectivity index (χ2v) is 21.4. The molecule has 25 nitrogen and oxygen atoms in total. The Kier molecular flexibility index (Phi) is 47.8. The molecular weight excluding hydrogens is 1330 g/mol. The third kappa shape index (κ3) is 39.2. The zero-order chi connectivity index (χ0) is 65.3. The van der Waals surface area contributed by atoms with Crippen molar-refractivity contribution in [2.75, 3.05) is 96.0 Å². The summed E-state index contributed by atoms with van der Waals surface area (Å²) >= 11 is 36.3. The number of halogens is 7. The van der Waals surface area contributed by atoms with Gasteiger partial charge in [-0.2, -0.15) is 0 Å². The lowest BCUT2D eigenvalue weighted by atomic mass is 9.90. The van der Waals surface area contributed by atoms with Crippen LogP contribution in [0.5, 0.6) is 0 Å². The molecule has 2 aliphatic heterocycles. The van der Waals surface area contributed by atoms with Crippen molar-refractivity contribution in [1.29, 1.82) is 0 Å². The first-order valence-corrected chi connectivity index (χ1v) is 32.9. The number of carbonyl (C=O) groups excluding carboxylic acids is 7. The first-order chi connectivity index (χ1) is 43.1. The number of aryl methyl sites for hydroxylation is 1. The fourth-order valence-electron chi connectivity index (χ4n) is 9.92. The van der Waals surface area contributed by atoms with Gasteiger partial charge in [0.2, 0.25) is 0 Å². The Balaban J connectivity index is 0.000000355. The zero-order valence-electron chi connectivity index (χ0n) is 50.2. The van der Waals surface area contributed by atoms with Gasteiger partial charge in [0.1, 0.15) is 30.5 Å². The van der Waals surface area contributed by atoms with E-state index in [1.807, 2.05) is 24.3 Å². The van der Waals surface area contributed by atoms with Crippen LogP contribution in [0.25, 0.3) is 0 Å². The Morgan fingerprint density at radius 3 is 1.55 bits per heavy atom. The summed E-state index contributed by atoms with van der Waals surface area (Å²) in [6, 6.07) is 6.80. The number of methoxy groups -OCH3 is 1. The van der Waals surface area contributed by atoms with E-state index < -0.39 is 43.1 Å². The molecule has 89 heavy (non-hydrogen) atoms. The van der Waals surface area contributed by atoms with E-state index in [1.165, 1.54) is 44.1 Å². The topological polar surface area (TPSA) is 286 Å². The minimum atomic E-state index is -0.816. The Morgan fingerprint density at radius 2 is 0.989 bits per heavy atom. The Hall–Kier alpha value is -4.02. The summed E-state index contributed by atoms with van der Waals surface area (Å²) < 4.78 is 85.3. The number of fused-ring (bicyclic) bond motifs is 3. The number of hydrogen-bond donors (Lipinski definition) is 0. The SMILES string of the molecule is CCOCOC(=O)OCCl.COC1CCCC(OC(=O)OCCl)C1.O=C(OCCl)OC1CC2CCC1C2.O=C(OCCl)OC1CCCOCC1.O=C(OCCl)OC1CCc2ccccc21.O=C(OCCl)OCC1CCCCC1.O=C(OCCl)O[C@@H]1CCOC1. The van der Waals surface area contributed by atoms with Crippen LogP contribution in [0.4, 0.5) is 33.6 Å². The van der Waals surface area contributed by atoms with Crippen LogP contribution >= 0.6 is 81.2 Å². The van der Waals surface area contributed by atoms with Crippen LogP contribution in [0.2, 0.25) is 0 Å². The Morgan fingerprint density at radius 1 is 0.461 bits per heavy atom. The lowest BCUT2D eigenvalue weighted by Crippen LogP contribution is -2.29. The van der Waals surface area contributed by atoms with E-state index in [0.717, 1.165) is 102 Å². The van der Waals surface area contributed by atoms with Crippen molar-refractivity contribution in [3.8, 4) is 0 Å². The van der Waals surface area contributed by atoms with Crippen molar-refractivity contribution in [2.45, 2.75) is 166 Å². The lowest BCUT2D eigenvalue weighted by Gasteiger charge is -2.27. The summed E-state index contributed by atoms with van der Waals surface area (Å²) in [4.78, 5) is 75.5. The second-order valence-electron chi connectivity index (χ2n) is 19.9. The highest BCUT2D eigenvalue weighted by molar-refractivity contribution is 6.18. The van der Waals surface area contributed by atoms with Crippen LogP contribution in [0.1, 0.15) is 140 Å². The Bertz CT molecular complexity index is 2070. The first-order valence-electron chi connectivity index (χ1n) is 29.2. The van der Waals surface area contributed by atoms with E-state index >= 15 is 0 Å². The van der Waals surface area contributed by atoms with Crippen LogP contribution in [-0.2, 0) is 91.7 Å². The van der Waals surface area contributed by atoms with Gasteiger partial charge in [-0.25, -0.2) is 33.6 Å². The van der Waals surface area contributed by atoms with Crippen LogP contribution in [-0.4, -0.2) is 170 Å². The van der Waals surface area contributed by atoms with Gasteiger partial charge in [0.05, 0.1) is 32.5 Å². The maximum atomic E-state index is 11.1. The van der Waals surface area contributed by atoms with Crippen molar-refractivity contribution >= 4 is 124 Å². The fourth-order valence-corrected chi connectivity index (χ4v) is 10.5. The van der Waals surface area contributed by atoms with E-state index in [4.69, 9.17) is 124 Å². The molecule has 1 aromatic carbocycles. The van der Waals surface area contributed by atoms with E-state index in [0.29, 0.717) is 44.9 Å².